The van der Waals surface area contributed by atoms with E-state index in [1.807, 2.05) is 24.3 Å². The summed E-state index contributed by atoms with van der Waals surface area (Å²) in [5, 5.41) is 22.8. The fraction of sp³-hybridized carbons (Fsp3) is 0.160. The summed E-state index contributed by atoms with van der Waals surface area (Å²) in [6.45, 7) is -0.179. The highest BCUT2D eigenvalue weighted by Gasteiger charge is 2.28. The van der Waals surface area contributed by atoms with Crippen molar-refractivity contribution in [2.45, 2.75) is 12.5 Å². The van der Waals surface area contributed by atoms with Crippen molar-refractivity contribution in [2.75, 3.05) is 13.2 Å². The topological polar surface area (TPSA) is 102 Å². The minimum absolute atomic E-state index is 0.0174. The third-order valence-corrected chi connectivity index (χ3v) is 5.34. The van der Waals surface area contributed by atoms with Crippen molar-refractivity contribution in [2.24, 2.45) is 0 Å². The lowest BCUT2D eigenvalue weighted by Gasteiger charge is -2.14. The molecular formula is C25H20N2O5. The fourth-order valence-corrected chi connectivity index (χ4v) is 3.88. The molecular weight excluding hydrogens is 408 g/mol. The van der Waals surface area contributed by atoms with Gasteiger partial charge in [-0.1, -0.05) is 60.4 Å². The number of nitro benzene ring substituents is 1. The molecule has 1 aliphatic rings. The second kappa shape index (κ2) is 9.33. The summed E-state index contributed by atoms with van der Waals surface area (Å²) in [6, 6.07) is 20.5. The van der Waals surface area contributed by atoms with Gasteiger partial charge in [0.15, 0.2) is 0 Å². The monoisotopic (exact) mass is 428 g/mol. The van der Waals surface area contributed by atoms with Gasteiger partial charge in [0.05, 0.1) is 23.6 Å². The smallest absolute Gasteiger partial charge is 0.407 e. The number of fused-ring (bicyclic) bond motifs is 3. The summed E-state index contributed by atoms with van der Waals surface area (Å²) in [5.74, 6) is 5.57. The number of carbonyl (C=O) groups excluding carboxylic acids is 1. The molecule has 7 heteroatoms. The van der Waals surface area contributed by atoms with Gasteiger partial charge in [0.2, 0.25) is 0 Å². The first-order valence-electron chi connectivity index (χ1n) is 10.0. The van der Waals surface area contributed by atoms with Crippen LogP contribution in [-0.2, 0) is 11.3 Å². The number of benzene rings is 3. The van der Waals surface area contributed by atoms with Gasteiger partial charge in [0.25, 0.3) is 5.69 Å². The number of ether oxygens (including phenoxy) is 1. The van der Waals surface area contributed by atoms with Crippen LogP contribution in [0.4, 0.5) is 10.5 Å². The van der Waals surface area contributed by atoms with Crippen LogP contribution in [-0.4, -0.2) is 29.3 Å². The van der Waals surface area contributed by atoms with Crippen LogP contribution < -0.4 is 5.32 Å². The largest absolute Gasteiger partial charge is 0.449 e. The van der Waals surface area contributed by atoms with Gasteiger partial charge in [0.1, 0.15) is 6.61 Å². The highest BCUT2D eigenvalue weighted by molar-refractivity contribution is 5.79. The van der Waals surface area contributed by atoms with Gasteiger partial charge < -0.3 is 15.2 Å². The minimum Gasteiger partial charge on any atom is -0.449 e. The van der Waals surface area contributed by atoms with Gasteiger partial charge >= 0.3 is 6.09 Å². The maximum Gasteiger partial charge on any atom is 0.407 e. The Bertz CT molecular complexity index is 1200. The number of carbonyl (C=O) groups is 1. The molecule has 2 N–H and O–H groups in total. The van der Waals surface area contributed by atoms with E-state index >= 15 is 0 Å². The van der Waals surface area contributed by atoms with Crippen LogP contribution in [0.15, 0.2) is 66.7 Å². The average molecular weight is 428 g/mol. The Morgan fingerprint density at radius 2 is 1.72 bits per heavy atom. The summed E-state index contributed by atoms with van der Waals surface area (Å²) in [4.78, 5) is 22.5. The minimum atomic E-state index is -0.569. The first kappa shape index (κ1) is 21.1. The lowest BCUT2D eigenvalue weighted by Crippen LogP contribution is -2.26. The van der Waals surface area contributed by atoms with Crippen molar-refractivity contribution < 1.29 is 19.6 Å². The van der Waals surface area contributed by atoms with Crippen molar-refractivity contribution in [1.29, 1.82) is 0 Å². The Kier molecular flexibility index (Phi) is 6.15. The Hall–Kier alpha value is -4.15. The third-order valence-electron chi connectivity index (χ3n) is 5.34. The molecule has 7 nitrogen and oxygen atoms in total. The van der Waals surface area contributed by atoms with Crippen LogP contribution in [0.2, 0.25) is 0 Å². The SMILES string of the molecule is O=C(NCC#Cc1ccc([N+](=O)[O-])c(CO)c1)OCC1c2ccccc2-c2ccccc21. The molecule has 3 aromatic carbocycles. The third kappa shape index (κ3) is 4.31. The zero-order valence-electron chi connectivity index (χ0n) is 17.1. The van der Waals surface area contributed by atoms with Crippen molar-refractivity contribution in [3.63, 3.8) is 0 Å². The molecule has 1 aliphatic carbocycles. The lowest BCUT2D eigenvalue weighted by atomic mass is 9.98. The average Bonchev–Trinajstić information content (AvgIpc) is 3.14. The van der Waals surface area contributed by atoms with Crippen molar-refractivity contribution in [3.05, 3.63) is 99.1 Å². The van der Waals surface area contributed by atoms with Gasteiger partial charge in [-0.3, -0.25) is 10.1 Å². The molecule has 3 aromatic rings. The molecule has 0 bridgehead atoms. The van der Waals surface area contributed by atoms with Gasteiger partial charge in [0, 0.05) is 17.5 Å². The fourth-order valence-electron chi connectivity index (χ4n) is 3.88. The summed E-state index contributed by atoms with van der Waals surface area (Å²) in [6.07, 6.45) is -0.569. The zero-order valence-corrected chi connectivity index (χ0v) is 17.1. The number of alkyl carbamates (subject to hydrolysis) is 1. The number of rotatable bonds is 5. The van der Waals surface area contributed by atoms with E-state index in [1.165, 1.54) is 18.2 Å². The maximum absolute atomic E-state index is 12.1. The molecule has 1 amide bonds. The number of hydrogen-bond donors (Lipinski definition) is 2. The quantitative estimate of drug-likeness (QED) is 0.364. The van der Waals surface area contributed by atoms with E-state index in [-0.39, 0.29) is 30.3 Å². The second-order valence-corrected chi connectivity index (χ2v) is 7.24. The molecule has 0 aliphatic heterocycles. The van der Waals surface area contributed by atoms with Crippen molar-refractivity contribution in [1.82, 2.24) is 5.32 Å². The van der Waals surface area contributed by atoms with Gasteiger partial charge in [-0.05, 0) is 34.4 Å². The number of aliphatic hydroxyl groups excluding tert-OH is 1. The van der Waals surface area contributed by atoms with E-state index in [0.717, 1.165) is 22.3 Å². The van der Waals surface area contributed by atoms with Crippen LogP contribution in [0.5, 0.6) is 0 Å². The molecule has 0 radical (unpaired) electrons. The zero-order chi connectivity index (χ0) is 22.5. The van der Waals surface area contributed by atoms with Gasteiger partial charge in [-0.15, -0.1) is 0 Å². The molecule has 0 saturated carbocycles. The normalized spacial score (nSPS) is 11.7. The molecule has 0 aromatic heterocycles. The standard InChI is InChI=1S/C25H20N2O5/c28-15-18-14-17(11-12-24(18)27(30)31)6-5-13-26-25(29)32-16-23-21-9-3-1-7-19(21)20-8-2-4-10-22(20)23/h1-4,7-12,14,23,28H,13,15-16H2,(H,26,29). The Morgan fingerprint density at radius 1 is 1.06 bits per heavy atom. The number of amides is 1. The Morgan fingerprint density at radius 3 is 2.34 bits per heavy atom. The second-order valence-electron chi connectivity index (χ2n) is 7.24. The number of nitrogens with one attached hydrogen (secondary N) is 1. The lowest BCUT2D eigenvalue weighted by molar-refractivity contribution is -0.385. The van der Waals surface area contributed by atoms with Crippen LogP contribution in [0.25, 0.3) is 11.1 Å². The van der Waals surface area contributed by atoms with Crippen LogP contribution >= 0.6 is 0 Å². The molecule has 160 valence electrons. The summed E-state index contributed by atoms with van der Waals surface area (Å²) in [5.41, 5.74) is 5.13. The number of aliphatic hydroxyl groups is 1. The summed E-state index contributed by atoms with van der Waals surface area (Å²) < 4.78 is 5.44. The molecule has 0 heterocycles. The van der Waals surface area contributed by atoms with E-state index in [9.17, 15) is 20.0 Å². The van der Waals surface area contributed by atoms with E-state index in [1.54, 1.807) is 0 Å². The van der Waals surface area contributed by atoms with Crippen molar-refractivity contribution in [3.8, 4) is 23.0 Å². The predicted molar refractivity (Wildman–Crippen MR) is 119 cm³/mol. The van der Waals surface area contributed by atoms with Crippen molar-refractivity contribution >= 4 is 11.8 Å². The van der Waals surface area contributed by atoms with E-state index in [0.29, 0.717) is 5.56 Å². The summed E-state index contributed by atoms with van der Waals surface area (Å²) in [7, 11) is 0. The number of nitrogens with zero attached hydrogens (tertiary/aromatic N) is 1. The highest BCUT2D eigenvalue weighted by atomic mass is 16.6. The summed E-state index contributed by atoms with van der Waals surface area (Å²) >= 11 is 0. The van der Waals surface area contributed by atoms with Crippen LogP contribution in [0.3, 0.4) is 0 Å². The van der Waals surface area contributed by atoms with Crippen LogP contribution in [0.1, 0.15) is 28.2 Å². The van der Waals surface area contributed by atoms with E-state index in [2.05, 4.69) is 41.4 Å². The van der Waals surface area contributed by atoms with E-state index in [4.69, 9.17) is 4.74 Å². The van der Waals surface area contributed by atoms with Crippen LogP contribution in [0, 0.1) is 22.0 Å². The number of hydrogen-bond acceptors (Lipinski definition) is 5. The highest BCUT2D eigenvalue weighted by Crippen LogP contribution is 2.44. The molecule has 32 heavy (non-hydrogen) atoms. The first-order valence-corrected chi connectivity index (χ1v) is 10.0. The molecule has 0 saturated heterocycles. The Labute approximate surface area is 184 Å². The molecule has 0 atom stereocenters. The van der Waals surface area contributed by atoms with Gasteiger partial charge in [-0.25, -0.2) is 4.79 Å². The Balaban J connectivity index is 1.34. The molecule has 0 fully saturated rings. The maximum atomic E-state index is 12.1. The first-order chi connectivity index (χ1) is 15.6. The molecule has 0 unspecified atom stereocenters. The molecule has 0 spiro atoms. The number of nitro groups is 1. The van der Waals surface area contributed by atoms with Gasteiger partial charge in [-0.2, -0.15) is 0 Å². The van der Waals surface area contributed by atoms with E-state index < -0.39 is 17.6 Å². The predicted octanol–water partition coefficient (Wildman–Crippen LogP) is 3.98. The molecule has 4 rings (SSSR count).